The maximum atomic E-state index is 14.2. The van der Waals surface area contributed by atoms with Crippen LogP contribution in [0.15, 0.2) is 60.8 Å². The summed E-state index contributed by atoms with van der Waals surface area (Å²) in [5.74, 6) is -3.88. The van der Waals surface area contributed by atoms with E-state index in [0.717, 1.165) is 11.1 Å². The van der Waals surface area contributed by atoms with Gasteiger partial charge in [0.1, 0.15) is 35.7 Å². The van der Waals surface area contributed by atoms with Crippen molar-refractivity contribution < 1.29 is 57.3 Å². The monoisotopic (exact) mass is 975 g/mol. The van der Waals surface area contributed by atoms with Gasteiger partial charge in [0.15, 0.2) is 0 Å². The first-order chi connectivity index (χ1) is 32.6. The largest absolute Gasteiger partial charge is 0.495 e. The molecule has 0 unspecified atom stereocenters. The van der Waals surface area contributed by atoms with E-state index in [1.54, 1.807) is 55.9 Å². The minimum absolute atomic E-state index is 0.0119. The zero-order valence-corrected chi connectivity index (χ0v) is 41.0. The predicted octanol–water partition coefficient (Wildman–Crippen LogP) is 4.63. The quantitative estimate of drug-likeness (QED) is 0.0815. The van der Waals surface area contributed by atoms with Crippen LogP contribution in [0, 0.1) is 16.7 Å². The number of cyclic esters (lactones) is 1. The number of carbonyl (C=O) groups is 7. The van der Waals surface area contributed by atoms with Gasteiger partial charge in [0.2, 0.25) is 17.7 Å². The third-order valence-corrected chi connectivity index (χ3v) is 12.7. The van der Waals surface area contributed by atoms with Crippen molar-refractivity contribution in [3.63, 3.8) is 0 Å². The molecule has 2 fully saturated rings. The first-order valence-electron chi connectivity index (χ1n) is 23.0. The highest BCUT2D eigenvalue weighted by atomic mass is 35.5. The second kappa shape index (κ2) is 22.5. The van der Waals surface area contributed by atoms with Gasteiger partial charge in [0.25, 0.3) is 11.8 Å². The van der Waals surface area contributed by atoms with Crippen molar-refractivity contribution in [2.24, 2.45) is 16.7 Å². The van der Waals surface area contributed by atoms with E-state index < -0.39 is 71.1 Å². The number of hydrogen-bond donors (Lipinski definition) is 3. The summed E-state index contributed by atoms with van der Waals surface area (Å²) in [6.07, 6.45) is 3.60. The van der Waals surface area contributed by atoms with Crippen molar-refractivity contribution in [3.05, 3.63) is 88.2 Å². The molecule has 3 aromatic rings. The molecule has 0 radical (unpaired) electrons. The van der Waals surface area contributed by atoms with Crippen LogP contribution in [-0.2, 0) is 72.2 Å². The Morgan fingerprint density at radius 3 is 2.33 bits per heavy atom. The molecule has 20 heteroatoms. The third kappa shape index (κ3) is 14.2. The Kier molecular flexibility index (Phi) is 17.0. The fourth-order valence-electron chi connectivity index (χ4n) is 7.88. The Balaban J connectivity index is 1.11. The van der Waals surface area contributed by atoms with E-state index in [-0.39, 0.29) is 75.3 Å². The second-order valence-corrected chi connectivity index (χ2v) is 19.9. The highest BCUT2D eigenvalue weighted by Gasteiger charge is 2.48. The van der Waals surface area contributed by atoms with Gasteiger partial charge in [0.05, 0.1) is 56.0 Å². The molecule has 1 aromatic heterocycles. The summed E-state index contributed by atoms with van der Waals surface area (Å²) in [6, 6.07) is 10.1. The van der Waals surface area contributed by atoms with Gasteiger partial charge in [-0.05, 0) is 67.5 Å². The van der Waals surface area contributed by atoms with Crippen molar-refractivity contribution in [1.82, 2.24) is 36.0 Å². The van der Waals surface area contributed by atoms with Gasteiger partial charge in [-0.3, -0.25) is 24.0 Å². The molecule has 0 saturated carbocycles. The topological polar surface area (TPSA) is 239 Å². The van der Waals surface area contributed by atoms with Gasteiger partial charge < -0.3 is 39.7 Å². The van der Waals surface area contributed by atoms with Crippen molar-refractivity contribution >= 4 is 53.1 Å². The number of epoxide rings is 1. The van der Waals surface area contributed by atoms with Crippen LogP contribution in [0.5, 0.6) is 5.75 Å². The van der Waals surface area contributed by atoms with Crippen LogP contribution in [-0.4, -0.2) is 106 Å². The lowest BCUT2D eigenvalue weighted by atomic mass is 9.82. The Labute approximate surface area is 406 Å². The molecule has 6 rings (SSSR count). The molecule has 3 aliphatic heterocycles. The van der Waals surface area contributed by atoms with Gasteiger partial charge >= 0.3 is 11.9 Å². The summed E-state index contributed by atoms with van der Waals surface area (Å²) in [7, 11) is 1.50. The average Bonchev–Trinajstić information content (AvgIpc) is 3.87. The number of nitrogens with one attached hydrogen (secondary N) is 3. The molecular formula is C49H62ClN7O12. The van der Waals surface area contributed by atoms with Crippen LogP contribution >= 0.6 is 11.6 Å². The van der Waals surface area contributed by atoms with Crippen molar-refractivity contribution in [2.75, 3.05) is 13.7 Å². The zero-order chi connectivity index (χ0) is 50.2. The lowest BCUT2D eigenvalue weighted by Gasteiger charge is -2.35. The Hall–Kier alpha value is -6.18. The molecule has 0 bridgehead atoms. The van der Waals surface area contributed by atoms with E-state index in [2.05, 4.69) is 26.3 Å². The lowest BCUT2D eigenvalue weighted by molar-refractivity contribution is -0.198. The number of hydrogen-bond acceptors (Lipinski definition) is 14. The number of methoxy groups -OCH3 is 1. The molecule has 3 N–H and O–H groups in total. The van der Waals surface area contributed by atoms with E-state index in [1.807, 2.05) is 52.0 Å². The van der Waals surface area contributed by atoms with E-state index in [4.69, 9.17) is 35.4 Å². The molecule has 0 spiro atoms. The van der Waals surface area contributed by atoms with Gasteiger partial charge in [-0.15, -0.1) is 10.2 Å². The SMILES string of the molecule is COc1ccc(C[C@H]2NC(=O)/C=C/C[C@H]([C@H](C)[C@H]3O[C@@H]3c3ccc(Cn4cc(COCCC(=O)ON5C(=O)CCC5=O)nn4)cc3)OC(=O)[C@H](CC(C)(C)C)NC(=O)C(C)(C)[C@H](C)NC2=O)cc1Cl. The predicted molar refractivity (Wildman–Crippen MR) is 248 cm³/mol. The van der Waals surface area contributed by atoms with Crippen molar-refractivity contribution in [3.8, 4) is 5.75 Å². The summed E-state index contributed by atoms with van der Waals surface area (Å²) >= 11 is 6.40. The molecule has 7 atom stereocenters. The highest BCUT2D eigenvalue weighted by molar-refractivity contribution is 6.32. The third-order valence-electron chi connectivity index (χ3n) is 12.4. The maximum Gasteiger partial charge on any atom is 0.335 e. The van der Waals surface area contributed by atoms with Crippen LogP contribution in [0.4, 0.5) is 0 Å². The molecule has 4 heterocycles. The lowest BCUT2D eigenvalue weighted by Crippen LogP contribution is -2.58. The maximum absolute atomic E-state index is 14.2. The smallest absolute Gasteiger partial charge is 0.335 e. The number of halogens is 1. The average molecular weight is 977 g/mol. The van der Waals surface area contributed by atoms with Crippen LogP contribution in [0.3, 0.4) is 0 Å². The fourth-order valence-corrected chi connectivity index (χ4v) is 8.16. The summed E-state index contributed by atoms with van der Waals surface area (Å²) in [5.41, 5.74) is 1.46. The molecule has 0 aliphatic carbocycles. The summed E-state index contributed by atoms with van der Waals surface area (Å²) in [5, 5.41) is 17.8. The van der Waals surface area contributed by atoms with Crippen LogP contribution < -0.4 is 20.7 Å². The van der Waals surface area contributed by atoms with Gasteiger partial charge in [-0.25, -0.2) is 14.3 Å². The summed E-state index contributed by atoms with van der Waals surface area (Å²) < 4.78 is 24.9. The number of rotatable bonds is 15. The second-order valence-electron chi connectivity index (χ2n) is 19.5. The van der Waals surface area contributed by atoms with Crippen LogP contribution in [0.2, 0.25) is 5.02 Å². The first-order valence-corrected chi connectivity index (χ1v) is 23.4. The van der Waals surface area contributed by atoms with Gasteiger partial charge in [-0.2, -0.15) is 0 Å². The summed E-state index contributed by atoms with van der Waals surface area (Å²) in [6.45, 7) is 13.3. The van der Waals surface area contributed by atoms with Crippen molar-refractivity contribution in [2.45, 2.75) is 137 Å². The van der Waals surface area contributed by atoms with E-state index >= 15 is 0 Å². The zero-order valence-electron chi connectivity index (χ0n) is 40.2. The number of nitrogens with zero attached hydrogens (tertiary/aromatic N) is 4. The van der Waals surface area contributed by atoms with E-state index in [0.29, 0.717) is 33.6 Å². The highest BCUT2D eigenvalue weighted by Crippen LogP contribution is 2.45. The number of amides is 5. The number of hydroxylamine groups is 2. The number of imide groups is 1. The number of benzene rings is 2. The molecule has 19 nitrogen and oxygen atoms in total. The standard InChI is InChI=1S/C49H62ClN7O12/c1-28(43-44(68-43)32-15-12-30(13-16-32)25-56-26-33(54-55-56)27-66-21-20-42(61)69-57-40(59)18-19-41(57)60)37-10-9-11-39(58)52-35(23-31-14-17-38(65-8)34(50)22-31)45(62)51-29(2)49(6,7)47(64)53-36(46(63)67-37)24-48(3,4)5/h9,11-17,22,26,28-29,35-37,43-44H,10,18-21,23-25,27H2,1-8H3,(H,51,62)(H,52,58)(H,53,64)/b11-9+/t28-,29-,35+,36-,37+,43+,44+/m0/s1. The van der Waals surface area contributed by atoms with E-state index in [1.165, 1.54) is 13.2 Å². The molecular weight excluding hydrogens is 914 g/mol. The molecule has 3 aliphatic rings. The minimum Gasteiger partial charge on any atom is -0.495 e. The minimum atomic E-state index is -1.20. The first kappa shape index (κ1) is 52.2. The number of aromatic nitrogens is 3. The summed E-state index contributed by atoms with van der Waals surface area (Å²) in [4.78, 5) is 95.8. The van der Waals surface area contributed by atoms with Crippen molar-refractivity contribution in [1.29, 1.82) is 0 Å². The number of carbonyl (C=O) groups excluding carboxylic acids is 7. The van der Waals surface area contributed by atoms with Gasteiger partial charge in [-0.1, -0.05) is 80.9 Å². The molecule has 2 saturated heterocycles. The fraction of sp³-hybridized carbons (Fsp3) is 0.531. The van der Waals surface area contributed by atoms with Gasteiger partial charge in [0, 0.05) is 37.6 Å². The number of esters is 1. The van der Waals surface area contributed by atoms with Crippen LogP contribution in [0.25, 0.3) is 0 Å². The molecule has 69 heavy (non-hydrogen) atoms. The Morgan fingerprint density at radius 1 is 0.971 bits per heavy atom. The van der Waals surface area contributed by atoms with Crippen LogP contribution in [0.1, 0.15) is 109 Å². The number of ether oxygens (including phenoxy) is 4. The molecule has 5 amide bonds. The Morgan fingerprint density at radius 2 is 1.67 bits per heavy atom. The molecule has 372 valence electrons. The molecule has 2 aromatic carbocycles. The Bertz CT molecular complexity index is 2400. The normalized spacial score (nSPS) is 24.4. The van der Waals surface area contributed by atoms with E-state index in [9.17, 15) is 33.6 Å².